The monoisotopic (exact) mass is 440 g/mol. The standard InChI is InChI=1S/C26H36N2O4/c1-27(16-20-6-7-21(31-2)12-23(20)32-3)24(29)22-5-4-8-28(22)25(30)26-13-17-9-18(14-26)11-19(10-17)15-26/h6-7,12,17-19,22H,4-5,8-11,13-16H2,1-3H3. The summed E-state index contributed by atoms with van der Waals surface area (Å²) >= 11 is 0. The lowest BCUT2D eigenvalue weighted by molar-refractivity contribution is -0.161. The number of ether oxygens (including phenoxy) is 2. The number of nitrogens with zero attached hydrogens (tertiary/aromatic N) is 2. The van der Waals surface area contributed by atoms with Gasteiger partial charge in [-0.3, -0.25) is 9.59 Å². The molecular formula is C26H36N2O4. The predicted octanol–water partition coefficient (Wildman–Crippen LogP) is 3.87. The summed E-state index contributed by atoms with van der Waals surface area (Å²) in [6.45, 7) is 1.17. The van der Waals surface area contributed by atoms with Gasteiger partial charge in [-0.2, -0.15) is 0 Å². The second kappa shape index (κ2) is 8.27. The Morgan fingerprint density at radius 2 is 1.72 bits per heavy atom. The van der Waals surface area contributed by atoms with Crippen LogP contribution in [-0.2, 0) is 16.1 Å². The molecule has 4 aliphatic carbocycles. The summed E-state index contributed by atoms with van der Waals surface area (Å²) in [6, 6.07) is 5.33. The molecule has 1 aromatic rings. The van der Waals surface area contributed by atoms with E-state index in [2.05, 4.69) is 0 Å². The van der Waals surface area contributed by atoms with Crippen LogP contribution in [0.1, 0.15) is 56.9 Å². The van der Waals surface area contributed by atoms with Crippen molar-refractivity contribution in [2.45, 2.75) is 64.0 Å². The van der Waals surface area contributed by atoms with Gasteiger partial charge in [-0.15, -0.1) is 0 Å². The van der Waals surface area contributed by atoms with Crippen molar-refractivity contribution in [1.82, 2.24) is 9.80 Å². The molecule has 1 unspecified atom stereocenters. The van der Waals surface area contributed by atoms with Crippen LogP contribution in [-0.4, -0.2) is 55.5 Å². The maximum Gasteiger partial charge on any atom is 0.245 e. The topological polar surface area (TPSA) is 59.1 Å². The molecule has 5 fully saturated rings. The fourth-order valence-electron chi connectivity index (χ4n) is 7.51. The van der Waals surface area contributed by atoms with E-state index in [1.165, 1.54) is 19.3 Å². The van der Waals surface area contributed by atoms with Gasteiger partial charge in [0, 0.05) is 31.8 Å². The molecule has 4 bridgehead atoms. The maximum absolute atomic E-state index is 13.9. The van der Waals surface area contributed by atoms with Crippen LogP contribution < -0.4 is 9.47 Å². The fraction of sp³-hybridized carbons (Fsp3) is 0.692. The summed E-state index contributed by atoms with van der Waals surface area (Å²) in [4.78, 5) is 31.1. The number of likely N-dealkylation sites (N-methyl/N-ethyl adjacent to an activating group) is 1. The summed E-state index contributed by atoms with van der Waals surface area (Å²) < 4.78 is 10.8. The third-order valence-corrected chi connectivity index (χ3v) is 8.57. The van der Waals surface area contributed by atoms with Crippen LogP contribution in [0, 0.1) is 23.2 Å². The Morgan fingerprint density at radius 3 is 2.31 bits per heavy atom. The van der Waals surface area contributed by atoms with Crippen molar-refractivity contribution >= 4 is 11.8 Å². The molecule has 1 heterocycles. The zero-order valence-corrected chi connectivity index (χ0v) is 19.6. The zero-order valence-electron chi connectivity index (χ0n) is 19.6. The summed E-state index contributed by atoms with van der Waals surface area (Å²) in [5.74, 6) is 3.94. The third kappa shape index (κ3) is 3.65. The highest BCUT2D eigenvalue weighted by atomic mass is 16.5. The Labute approximate surface area is 191 Å². The lowest BCUT2D eigenvalue weighted by atomic mass is 9.49. The van der Waals surface area contributed by atoms with Gasteiger partial charge in [-0.25, -0.2) is 0 Å². The van der Waals surface area contributed by atoms with Gasteiger partial charge in [0.1, 0.15) is 17.5 Å². The minimum atomic E-state index is -0.329. The van der Waals surface area contributed by atoms with Crippen molar-refractivity contribution in [3.63, 3.8) is 0 Å². The third-order valence-electron chi connectivity index (χ3n) is 8.57. The van der Waals surface area contributed by atoms with Crippen molar-refractivity contribution in [2.24, 2.45) is 23.2 Å². The van der Waals surface area contributed by atoms with E-state index in [0.717, 1.165) is 67.7 Å². The quantitative estimate of drug-likeness (QED) is 0.674. The maximum atomic E-state index is 13.9. The number of benzene rings is 1. The number of carbonyl (C=O) groups excluding carboxylic acids is 2. The number of likely N-dealkylation sites (tertiary alicyclic amines) is 1. The van der Waals surface area contributed by atoms with E-state index in [-0.39, 0.29) is 23.3 Å². The lowest BCUT2D eigenvalue weighted by Crippen LogP contribution is -2.57. The summed E-state index contributed by atoms with van der Waals surface area (Å²) in [5, 5.41) is 0. The van der Waals surface area contributed by atoms with Gasteiger partial charge in [-0.05, 0) is 81.3 Å². The van der Waals surface area contributed by atoms with Crippen LogP contribution in [0.2, 0.25) is 0 Å². The first kappa shape index (κ1) is 21.6. The van der Waals surface area contributed by atoms with Gasteiger partial charge in [0.2, 0.25) is 11.8 Å². The van der Waals surface area contributed by atoms with Crippen LogP contribution in [0.3, 0.4) is 0 Å². The number of hydrogen-bond donors (Lipinski definition) is 0. The Bertz CT molecular complexity index is 863. The highest BCUT2D eigenvalue weighted by Gasteiger charge is 2.56. The van der Waals surface area contributed by atoms with Crippen LogP contribution >= 0.6 is 0 Å². The predicted molar refractivity (Wildman–Crippen MR) is 121 cm³/mol. The highest BCUT2D eigenvalue weighted by molar-refractivity contribution is 5.91. The van der Waals surface area contributed by atoms with Crippen molar-refractivity contribution in [3.8, 4) is 11.5 Å². The molecule has 1 atom stereocenters. The molecule has 0 radical (unpaired) electrons. The molecule has 5 aliphatic rings. The molecular weight excluding hydrogens is 404 g/mol. The first-order chi connectivity index (χ1) is 15.4. The minimum absolute atomic E-state index is 0.0402. The van der Waals surface area contributed by atoms with Crippen LogP contribution in [0.15, 0.2) is 18.2 Å². The molecule has 2 amide bonds. The number of methoxy groups -OCH3 is 2. The van der Waals surface area contributed by atoms with Crippen LogP contribution in [0.25, 0.3) is 0 Å². The summed E-state index contributed by atoms with van der Waals surface area (Å²) in [7, 11) is 5.08. The lowest BCUT2D eigenvalue weighted by Gasteiger charge is -2.56. The van der Waals surface area contributed by atoms with Crippen molar-refractivity contribution in [2.75, 3.05) is 27.8 Å². The van der Waals surface area contributed by atoms with Crippen LogP contribution in [0.4, 0.5) is 0 Å². The number of rotatable bonds is 6. The average molecular weight is 441 g/mol. The second-order valence-electron chi connectivity index (χ2n) is 10.7. The normalized spacial score (nSPS) is 32.8. The van der Waals surface area contributed by atoms with Gasteiger partial charge in [0.05, 0.1) is 19.6 Å². The largest absolute Gasteiger partial charge is 0.497 e. The van der Waals surface area contributed by atoms with E-state index < -0.39 is 0 Å². The van der Waals surface area contributed by atoms with Gasteiger partial charge < -0.3 is 19.3 Å². The minimum Gasteiger partial charge on any atom is -0.497 e. The van der Waals surface area contributed by atoms with Crippen LogP contribution in [0.5, 0.6) is 11.5 Å². The van der Waals surface area contributed by atoms with E-state index >= 15 is 0 Å². The molecule has 174 valence electrons. The zero-order chi connectivity index (χ0) is 22.5. The number of hydrogen-bond acceptors (Lipinski definition) is 4. The first-order valence-corrected chi connectivity index (χ1v) is 12.2. The molecule has 4 saturated carbocycles. The Morgan fingerprint density at radius 1 is 1.06 bits per heavy atom. The highest BCUT2D eigenvalue weighted by Crippen LogP contribution is 2.60. The van der Waals surface area contributed by atoms with Crippen molar-refractivity contribution < 1.29 is 19.1 Å². The molecule has 32 heavy (non-hydrogen) atoms. The Balaban J connectivity index is 1.30. The smallest absolute Gasteiger partial charge is 0.245 e. The van der Waals surface area contributed by atoms with Gasteiger partial charge in [0.15, 0.2) is 0 Å². The van der Waals surface area contributed by atoms with Gasteiger partial charge in [0.25, 0.3) is 0 Å². The van der Waals surface area contributed by atoms with Gasteiger partial charge >= 0.3 is 0 Å². The molecule has 6 heteroatoms. The Kier molecular flexibility index (Phi) is 5.58. The second-order valence-corrected chi connectivity index (χ2v) is 10.7. The summed E-state index contributed by atoms with van der Waals surface area (Å²) in [5.41, 5.74) is 0.746. The number of amides is 2. The molecule has 0 spiro atoms. The van der Waals surface area contributed by atoms with E-state index in [0.29, 0.717) is 12.3 Å². The molecule has 1 saturated heterocycles. The number of carbonyl (C=O) groups is 2. The molecule has 6 rings (SSSR count). The molecule has 0 aromatic heterocycles. The van der Waals surface area contributed by atoms with E-state index in [1.807, 2.05) is 30.1 Å². The summed E-state index contributed by atoms with van der Waals surface area (Å²) in [6.07, 6.45) is 8.79. The molecule has 1 aliphatic heterocycles. The van der Waals surface area contributed by atoms with E-state index in [4.69, 9.17) is 9.47 Å². The van der Waals surface area contributed by atoms with E-state index in [9.17, 15) is 9.59 Å². The molecule has 6 nitrogen and oxygen atoms in total. The molecule has 1 aromatic carbocycles. The SMILES string of the molecule is COc1ccc(CN(C)C(=O)C2CCCN2C(=O)C23CC4CC(CC(C4)C2)C3)c(OC)c1. The van der Waals surface area contributed by atoms with Crippen molar-refractivity contribution in [1.29, 1.82) is 0 Å². The Hall–Kier alpha value is -2.24. The van der Waals surface area contributed by atoms with Gasteiger partial charge in [-0.1, -0.05) is 0 Å². The van der Waals surface area contributed by atoms with Crippen molar-refractivity contribution in [3.05, 3.63) is 23.8 Å². The molecule has 0 N–H and O–H groups in total. The average Bonchev–Trinajstić information content (AvgIpc) is 3.27. The van der Waals surface area contributed by atoms with E-state index in [1.54, 1.807) is 19.1 Å². The fourth-order valence-corrected chi connectivity index (χ4v) is 7.51. The first-order valence-electron chi connectivity index (χ1n) is 12.2.